The van der Waals surface area contributed by atoms with E-state index in [9.17, 15) is 9.59 Å². The number of rotatable bonds is 9. The quantitative estimate of drug-likeness (QED) is 0.256. The molecule has 0 saturated heterocycles. The average Bonchev–Trinajstić information content (AvgIpc) is 2.88. The lowest BCUT2D eigenvalue weighted by Gasteiger charge is -2.09. The number of carbonyl (C=O) groups excluding carboxylic acids is 2. The molecule has 0 heterocycles. The number of anilines is 2. The summed E-state index contributed by atoms with van der Waals surface area (Å²) in [6, 6.07) is 35.2. The zero-order valence-electron chi connectivity index (χ0n) is 18.4. The highest BCUT2D eigenvalue weighted by molar-refractivity contribution is 8.00. The molecule has 0 aliphatic heterocycles. The molecule has 0 aliphatic carbocycles. The number of hydrogen-bond acceptors (Lipinski definition) is 4. The van der Waals surface area contributed by atoms with Gasteiger partial charge in [-0.15, -0.1) is 23.5 Å². The number of nitrogens with one attached hydrogen (secondary N) is 2. The van der Waals surface area contributed by atoms with Crippen molar-refractivity contribution in [3.05, 3.63) is 109 Å². The Hall–Kier alpha value is -3.48. The van der Waals surface area contributed by atoms with Gasteiger partial charge < -0.3 is 10.6 Å². The third-order valence-electron chi connectivity index (χ3n) is 4.90. The Morgan fingerprint density at radius 2 is 0.853 bits per heavy atom. The van der Waals surface area contributed by atoms with E-state index in [1.807, 2.05) is 109 Å². The van der Waals surface area contributed by atoms with Crippen molar-refractivity contribution in [2.24, 2.45) is 0 Å². The summed E-state index contributed by atoms with van der Waals surface area (Å²) in [6.45, 7) is 0. The van der Waals surface area contributed by atoms with Gasteiger partial charge in [-0.05, 0) is 59.7 Å². The first-order chi connectivity index (χ1) is 16.7. The molecular weight excluding hydrogens is 460 g/mol. The predicted octanol–water partition coefficient (Wildman–Crippen LogP) is 6.82. The third kappa shape index (κ3) is 7.27. The topological polar surface area (TPSA) is 58.2 Å². The van der Waals surface area contributed by atoms with Crippen molar-refractivity contribution >= 4 is 46.7 Å². The zero-order chi connectivity index (χ0) is 23.6. The van der Waals surface area contributed by atoms with Gasteiger partial charge in [0, 0.05) is 21.2 Å². The first kappa shape index (κ1) is 23.7. The minimum absolute atomic E-state index is 0.0351. The van der Waals surface area contributed by atoms with Crippen LogP contribution in [0.15, 0.2) is 119 Å². The van der Waals surface area contributed by atoms with Gasteiger partial charge >= 0.3 is 0 Å². The van der Waals surface area contributed by atoms with Gasteiger partial charge in [-0.25, -0.2) is 0 Å². The van der Waals surface area contributed by atoms with Crippen LogP contribution in [0.3, 0.4) is 0 Å². The summed E-state index contributed by atoms with van der Waals surface area (Å²) >= 11 is 3.02. The Kier molecular flexibility index (Phi) is 8.43. The minimum Gasteiger partial charge on any atom is -0.325 e. The molecule has 2 amide bonds. The summed E-state index contributed by atoms with van der Waals surface area (Å²) in [4.78, 5) is 26.6. The standard InChI is InChI=1S/C28H24N2O2S2/c31-27(19-33-25-7-3-1-4-8-25)29-23-15-11-21(12-16-23)22-13-17-24(18-14-22)30-28(32)20-34-26-9-5-2-6-10-26/h1-18H,19-20H2,(H,29,31)(H,30,32). The van der Waals surface area contributed by atoms with Crippen LogP contribution in [-0.2, 0) is 9.59 Å². The van der Waals surface area contributed by atoms with Crippen molar-refractivity contribution < 1.29 is 9.59 Å². The molecule has 4 nitrogen and oxygen atoms in total. The van der Waals surface area contributed by atoms with E-state index in [0.29, 0.717) is 11.5 Å². The second-order valence-electron chi connectivity index (χ2n) is 7.45. The van der Waals surface area contributed by atoms with Crippen LogP contribution >= 0.6 is 23.5 Å². The SMILES string of the molecule is O=C(CSc1ccccc1)Nc1ccc(-c2ccc(NC(=O)CSc3ccccc3)cc2)cc1. The Morgan fingerprint density at radius 1 is 0.500 bits per heavy atom. The molecule has 0 radical (unpaired) electrons. The first-order valence-electron chi connectivity index (χ1n) is 10.8. The minimum atomic E-state index is -0.0351. The van der Waals surface area contributed by atoms with Crippen molar-refractivity contribution in [3.8, 4) is 11.1 Å². The predicted molar refractivity (Wildman–Crippen MR) is 143 cm³/mol. The van der Waals surface area contributed by atoms with E-state index in [-0.39, 0.29) is 11.8 Å². The van der Waals surface area contributed by atoms with E-state index in [2.05, 4.69) is 10.6 Å². The highest BCUT2D eigenvalue weighted by Gasteiger charge is 2.06. The van der Waals surface area contributed by atoms with Gasteiger partial charge in [0.05, 0.1) is 11.5 Å². The van der Waals surface area contributed by atoms with Crippen LogP contribution in [-0.4, -0.2) is 23.3 Å². The summed E-state index contributed by atoms with van der Waals surface area (Å²) in [5, 5.41) is 5.87. The van der Waals surface area contributed by atoms with Crippen LogP contribution in [0.5, 0.6) is 0 Å². The van der Waals surface area contributed by atoms with Gasteiger partial charge in [-0.2, -0.15) is 0 Å². The van der Waals surface area contributed by atoms with Gasteiger partial charge in [0.25, 0.3) is 0 Å². The molecule has 0 fully saturated rings. The monoisotopic (exact) mass is 484 g/mol. The van der Waals surface area contributed by atoms with E-state index in [0.717, 1.165) is 32.3 Å². The average molecular weight is 485 g/mol. The molecule has 0 aromatic heterocycles. The second kappa shape index (κ2) is 12.1. The molecule has 0 saturated carbocycles. The molecule has 0 unspecified atom stereocenters. The lowest BCUT2D eigenvalue weighted by Crippen LogP contribution is -2.14. The zero-order valence-corrected chi connectivity index (χ0v) is 20.1. The molecule has 2 N–H and O–H groups in total. The molecule has 4 rings (SSSR count). The van der Waals surface area contributed by atoms with Gasteiger partial charge in [-0.3, -0.25) is 9.59 Å². The fraction of sp³-hybridized carbons (Fsp3) is 0.0714. The molecule has 0 bridgehead atoms. The van der Waals surface area contributed by atoms with E-state index in [1.165, 1.54) is 23.5 Å². The Bertz CT molecular complexity index is 1110. The molecule has 0 aliphatic rings. The van der Waals surface area contributed by atoms with Crippen LogP contribution in [0.4, 0.5) is 11.4 Å². The van der Waals surface area contributed by atoms with Crippen molar-refractivity contribution in [1.29, 1.82) is 0 Å². The largest absolute Gasteiger partial charge is 0.325 e. The maximum Gasteiger partial charge on any atom is 0.234 e. The Balaban J connectivity index is 1.26. The lowest BCUT2D eigenvalue weighted by atomic mass is 10.0. The van der Waals surface area contributed by atoms with Crippen molar-refractivity contribution in [1.82, 2.24) is 0 Å². The summed E-state index contributed by atoms with van der Waals surface area (Å²) in [6.07, 6.45) is 0. The van der Waals surface area contributed by atoms with E-state index in [1.54, 1.807) is 0 Å². The number of thioether (sulfide) groups is 2. The number of hydrogen-bond donors (Lipinski definition) is 2. The Labute approximate surface area is 208 Å². The molecule has 4 aromatic carbocycles. The van der Waals surface area contributed by atoms with Gasteiger partial charge in [0.15, 0.2) is 0 Å². The van der Waals surface area contributed by atoms with Crippen LogP contribution in [0, 0.1) is 0 Å². The maximum atomic E-state index is 12.2. The summed E-state index contributed by atoms with van der Waals surface area (Å²) in [5.41, 5.74) is 3.60. The fourth-order valence-electron chi connectivity index (χ4n) is 3.22. The van der Waals surface area contributed by atoms with Gasteiger partial charge in [0.1, 0.15) is 0 Å². The smallest absolute Gasteiger partial charge is 0.234 e. The number of amides is 2. The number of benzene rings is 4. The third-order valence-corrected chi connectivity index (χ3v) is 6.92. The maximum absolute atomic E-state index is 12.2. The van der Waals surface area contributed by atoms with Crippen molar-refractivity contribution in [3.63, 3.8) is 0 Å². The van der Waals surface area contributed by atoms with E-state index >= 15 is 0 Å². The lowest BCUT2D eigenvalue weighted by molar-refractivity contribution is -0.114. The molecule has 4 aromatic rings. The highest BCUT2D eigenvalue weighted by Crippen LogP contribution is 2.24. The summed E-state index contributed by atoms with van der Waals surface area (Å²) in [7, 11) is 0. The molecule has 6 heteroatoms. The molecule has 0 atom stereocenters. The molecule has 0 spiro atoms. The molecule has 170 valence electrons. The van der Waals surface area contributed by atoms with Crippen molar-refractivity contribution in [2.45, 2.75) is 9.79 Å². The van der Waals surface area contributed by atoms with E-state index in [4.69, 9.17) is 0 Å². The number of carbonyl (C=O) groups is 2. The first-order valence-corrected chi connectivity index (χ1v) is 12.8. The normalized spacial score (nSPS) is 10.5. The second-order valence-corrected chi connectivity index (χ2v) is 9.55. The molecular formula is C28H24N2O2S2. The van der Waals surface area contributed by atoms with Crippen LogP contribution in [0.25, 0.3) is 11.1 Å². The summed E-state index contributed by atoms with van der Waals surface area (Å²) in [5.74, 6) is 0.658. The fourth-order valence-corrected chi connectivity index (χ4v) is 4.66. The van der Waals surface area contributed by atoms with Crippen molar-refractivity contribution in [2.75, 3.05) is 22.1 Å². The molecule has 34 heavy (non-hydrogen) atoms. The van der Waals surface area contributed by atoms with Crippen LogP contribution < -0.4 is 10.6 Å². The highest BCUT2D eigenvalue weighted by atomic mass is 32.2. The Morgan fingerprint density at radius 3 is 1.21 bits per heavy atom. The van der Waals surface area contributed by atoms with Gasteiger partial charge in [0.2, 0.25) is 11.8 Å². The van der Waals surface area contributed by atoms with E-state index < -0.39 is 0 Å². The summed E-state index contributed by atoms with van der Waals surface area (Å²) < 4.78 is 0. The van der Waals surface area contributed by atoms with Crippen LogP contribution in [0.2, 0.25) is 0 Å². The van der Waals surface area contributed by atoms with Gasteiger partial charge in [-0.1, -0.05) is 60.7 Å². The van der Waals surface area contributed by atoms with Crippen LogP contribution in [0.1, 0.15) is 0 Å².